The van der Waals surface area contributed by atoms with Crippen LogP contribution in [0.1, 0.15) is 26.7 Å². The van der Waals surface area contributed by atoms with Gasteiger partial charge in [0.15, 0.2) is 0 Å². The van der Waals surface area contributed by atoms with E-state index in [1.54, 1.807) is 6.92 Å². The molecule has 1 aliphatic heterocycles. The molecule has 0 bridgehead atoms. The minimum Gasteiger partial charge on any atom is -0.459 e. The summed E-state index contributed by atoms with van der Waals surface area (Å²) in [4.78, 5) is 22.3. The Labute approximate surface area is 89.1 Å². The molecule has 1 aliphatic rings. The fourth-order valence-electron chi connectivity index (χ4n) is 1.57. The highest BCUT2D eigenvalue weighted by atomic mass is 16.5. The average Bonchev–Trinajstić information content (AvgIpc) is 2.18. The maximum absolute atomic E-state index is 11.3. The van der Waals surface area contributed by atoms with Gasteiger partial charge in [-0.05, 0) is 26.7 Å². The number of rotatable bonds is 2. The highest BCUT2D eigenvalue weighted by Gasteiger charge is 2.24. The predicted octanol–water partition coefficient (Wildman–Crippen LogP) is 0.233. The molecule has 0 aromatic heterocycles. The molecule has 5 nitrogen and oxygen atoms in total. The molecule has 1 rings (SSSR count). The van der Waals surface area contributed by atoms with E-state index in [0.29, 0.717) is 6.61 Å². The quantitative estimate of drug-likeness (QED) is 0.529. The fraction of sp³-hybridized carbons (Fsp3) is 0.800. The zero-order valence-corrected chi connectivity index (χ0v) is 9.12. The molecule has 0 radical (unpaired) electrons. The Kier molecular flexibility index (Phi) is 4.55. The van der Waals surface area contributed by atoms with Crippen molar-refractivity contribution in [2.45, 2.75) is 38.8 Å². The van der Waals surface area contributed by atoms with Crippen molar-refractivity contribution in [3.63, 3.8) is 0 Å². The van der Waals surface area contributed by atoms with Gasteiger partial charge in [0, 0.05) is 12.6 Å². The summed E-state index contributed by atoms with van der Waals surface area (Å²) in [5.41, 5.74) is 0. The Morgan fingerprint density at radius 3 is 2.87 bits per heavy atom. The van der Waals surface area contributed by atoms with Gasteiger partial charge >= 0.3 is 11.9 Å². The van der Waals surface area contributed by atoms with Crippen LogP contribution in [0, 0.1) is 0 Å². The molecule has 5 heteroatoms. The number of hydrogen-bond donors (Lipinski definition) is 1. The van der Waals surface area contributed by atoms with Crippen LogP contribution in [0.2, 0.25) is 0 Å². The highest BCUT2D eigenvalue weighted by Crippen LogP contribution is 2.12. The van der Waals surface area contributed by atoms with E-state index in [0.717, 1.165) is 12.8 Å². The second-order valence-electron chi connectivity index (χ2n) is 3.60. The molecular weight excluding hydrogens is 198 g/mol. The first-order valence-corrected chi connectivity index (χ1v) is 5.22. The number of ether oxygens (including phenoxy) is 2. The van der Waals surface area contributed by atoms with Gasteiger partial charge in [0.2, 0.25) is 0 Å². The monoisotopic (exact) mass is 215 g/mol. The minimum absolute atomic E-state index is 0.0191. The van der Waals surface area contributed by atoms with Gasteiger partial charge in [0.25, 0.3) is 0 Å². The molecule has 86 valence electrons. The molecule has 0 aromatic carbocycles. The van der Waals surface area contributed by atoms with Gasteiger partial charge in [-0.1, -0.05) is 0 Å². The standard InChI is InChI=1S/C10H17NO4/c1-3-14-10(13)9(12)11-8-4-5-15-7(2)6-8/h7-8H,3-6H2,1-2H3,(H,11,12). The number of hydrogen-bond acceptors (Lipinski definition) is 4. The molecule has 2 atom stereocenters. The van der Waals surface area contributed by atoms with Crippen molar-refractivity contribution < 1.29 is 19.1 Å². The predicted molar refractivity (Wildman–Crippen MR) is 53.2 cm³/mol. The maximum atomic E-state index is 11.3. The lowest BCUT2D eigenvalue weighted by Crippen LogP contribution is -2.44. The maximum Gasteiger partial charge on any atom is 0.396 e. The van der Waals surface area contributed by atoms with Crippen LogP contribution in [0.5, 0.6) is 0 Å². The van der Waals surface area contributed by atoms with E-state index in [1.807, 2.05) is 6.92 Å². The van der Waals surface area contributed by atoms with E-state index in [-0.39, 0.29) is 18.8 Å². The molecule has 1 saturated heterocycles. The first-order chi connectivity index (χ1) is 7.13. The van der Waals surface area contributed by atoms with Crippen LogP contribution in [0.15, 0.2) is 0 Å². The lowest BCUT2D eigenvalue weighted by atomic mass is 10.0. The van der Waals surface area contributed by atoms with E-state index in [9.17, 15) is 9.59 Å². The lowest BCUT2D eigenvalue weighted by molar-refractivity contribution is -0.155. The van der Waals surface area contributed by atoms with Gasteiger partial charge < -0.3 is 14.8 Å². The molecular formula is C10H17NO4. The van der Waals surface area contributed by atoms with Crippen molar-refractivity contribution in [3.05, 3.63) is 0 Å². The number of amides is 1. The SMILES string of the molecule is CCOC(=O)C(=O)NC1CCOC(C)C1. The second-order valence-corrected chi connectivity index (χ2v) is 3.60. The summed E-state index contributed by atoms with van der Waals surface area (Å²) in [7, 11) is 0. The molecule has 1 fully saturated rings. The first-order valence-electron chi connectivity index (χ1n) is 5.22. The summed E-state index contributed by atoms with van der Waals surface area (Å²) in [6.07, 6.45) is 1.62. The molecule has 0 spiro atoms. The van der Waals surface area contributed by atoms with E-state index in [2.05, 4.69) is 10.1 Å². The van der Waals surface area contributed by atoms with Gasteiger partial charge in [-0.25, -0.2) is 4.79 Å². The van der Waals surface area contributed by atoms with Gasteiger partial charge in [0.1, 0.15) is 0 Å². The van der Waals surface area contributed by atoms with Crippen LogP contribution >= 0.6 is 0 Å². The third-order valence-corrected chi connectivity index (χ3v) is 2.28. The molecule has 2 unspecified atom stereocenters. The smallest absolute Gasteiger partial charge is 0.396 e. The zero-order chi connectivity index (χ0) is 11.3. The number of esters is 1. The summed E-state index contributed by atoms with van der Waals surface area (Å²) >= 11 is 0. The summed E-state index contributed by atoms with van der Waals surface area (Å²) in [6, 6.07) is 0.0191. The number of carbonyl (C=O) groups excluding carboxylic acids is 2. The Morgan fingerprint density at radius 1 is 1.53 bits per heavy atom. The van der Waals surface area contributed by atoms with Crippen LogP contribution in [-0.2, 0) is 19.1 Å². The summed E-state index contributed by atoms with van der Waals surface area (Å²) in [6.45, 7) is 4.45. The molecule has 0 aliphatic carbocycles. The van der Waals surface area contributed by atoms with Crippen LogP contribution in [0.3, 0.4) is 0 Å². The highest BCUT2D eigenvalue weighted by molar-refractivity contribution is 6.32. The van der Waals surface area contributed by atoms with Crippen molar-refractivity contribution in [2.75, 3.05) is 13.2 Å². The van der Waals surface area contributed by atoms with Crippen LogP contribution < -0.4 is 5.32 Å². The third kappa shape index (κ3) is 3.87. The minimum atomic E-state index is -0.809. The van der Waals surface area contributed by atoms with Crippen molar-refractivity contribution in [1.82, 2.24) is 5.32 Å². The third-order valence-electron chi connectivity index (χ3n) is 2.28. The van der Waals surface area contributed by atoms with Crippen LogP contribution in [0.25, 0.3) is 0 Å². The van der Waals surface area contributed by atoms with Gasteiger partial charge in [-0.3, -0.25) is 4.79 Å². The topological polar surface area (TPSA) is 64.6 Å². The molecule has 1 heterocycles. The largest absolute Gasteiger partial charge is 0.459 e. The van der Waals surface area contributed by atoms with Crippen molar-refractivity contribution in [3.8, 4) is 0 Å². The van der Waals surface area contributed by atoms with E-state index in [1.165, 1.54) is 0 Å². The Balaban J connectivity index is 2.33. The van der Waals surface area contributed by atoms with Crippen molar-refractivity contribution in [1.29, 1.82) is 0 Å². The molecule has 0 aromatic rings. The van der Waals surface area contributed by atoms with Gasteiger partial charge in [-0.2, -0.15) is 0 Å². The van der Waals surface area contributed by atoms with Gasteiger partial charge in [0.05, 0.1) is 12.7 Å². The molecule has 1 amide bonds. The van der Waals surface area contributed by atoms with E-state index < -0.39 is 11.9 Å². The number of nitrogens with one attached hydrogen (secondary N) is 1. The summed E-state index contributed by atoms with van der Waals surface area (Å²) in [5.74, 6) is -1.47. The van der Waals surface area contributed by atoms with Crippen LogP contribution in [0.4, 0.5) is 0 Å². The number of carbonyl (C=O) groups is 2. The summed E-state index contributed by atoms with van der Waals surface area (Å²) < 4.78 is 9.92. The Bertz CT molecular complexity index is 242. The summed E-state index contributed by atoms with van der Waals surface area (Å²) in [5, 5.41) is 2.64. The Hall–Kier alpha value is -1.10. The van der Waals surface area contributed by atoms with Crippen molar-refractivity contribution in [2.24, 2.45) is 0 Å². The van der Waals surface area contributed by atoms with E-state index >= 15 is 0 Å². The average molecular weight is 215 g/mol. The molecule has 0 saturated carbocycles. The fourth-order valence-corrected chi connectivity index (χ4v) is 1.57. The van der Waals surface area contributed by atoms with E-state index in [4.69, 9.17) is 4.74 Å². The lowest BCUT2D eigenvalue weighted by Gasteiger charge is -2.27. The molecule has 15 heavy (non-hydrogen) atoms. The van der Waals surface area contributed by atoms with Gasteiger partial charge in [-0.15, -0.1) is 0 Å². The second kappa shape index (κ2) is 5.70. The van der Waals surface area contributed by atoms with Crippen molar-refractivity contribution >= 4 is 11.9 Å². The zero-order valence-electron chi connectivity index (χ0n) is 9.12. The molecule has 1 N–H and O–H groups in total. The normalized spacial score (nSPS) is 25.7. The van der Waals surface area contributed by atoms with Crippen LogP contribution in [-0.4, -0.2) is 37.2 Å². The Morgan fingerprint density at radius 2 is 2.27 bits per heavy atom. The first kappa shape index (κ1) is 12.0.